The van der Waals surface area contributed by atoms with Gasteiger partial charge in [-0.25, -0.2) is 4.79 Å². The molecule has 1 heterocycles. The van der Waals surface area contributed by atoms with Crippen molar-refractivity contribution in [3.8, 4) is 0 Å². The number of ether oxygens (including phenoxy) is 1. The highest BCUT2D eigenvalue weighted by molar-refractivity contribution is 5.91. The minimum Gasteiger partial charge on any atom is -0.444 e. The lowest BCUT2D eigenvalue weighted by Crippen LogP contribution is -2.41. The minimum atomic E-state index is -0.566. The zero-order valence-electron chi connectivity index (χ0n) is 12.4. The molecule has 20 heavy (non-hydrogen) atoms. The summed E-state index contributed by atoms with van der Waals surface area (Å²) in [5.41, 5.74) is 0.403. The molecule has 1 aromatic carbocycles. The zero-order valence-corrected chi connectivity index (χ0v) is 12.4. The first kappa shape index (κ1) is 14.6. The van der Waals surface area contributed by atoms with E-state index in [1.807, 2.05) is 51.1 Å². The molecular weight excluding hydrogens is 254 g/mol. The SMILES string of the molecule is CC1C(=O)CC(c2ccccc2)N1C(=O)OC(C)(C)C. The lowest BCUT2D eigenvalue weighted by atomic mass is 10.0. The maximum absolute atomic E-state index is 12.4. The predicted molar refractivity (Wildman–Crippen MR) is 76.3 cm³/mol. The first-order chi connectivity index (χ1) is 9.29. The van der Waals surface area contributed by atoms with Crippen molar-refractivity contribution in [1.29, 1.82) is 0 Å². The summed E-state index contributed by atoms with van der Waals surface area (Å²) >= 11 is 0. The number of hydrogen-bond acceptors (Lipinski definition) is 3. The molecule has 4 heteroatoms. The van der Waals surface area contributed by atoms with Gasteiger partial charge in [0.25, 0.3) is 0 Å². The van der Waals surface area contributed by atoms with Gasteiger partial charge < -0.3 is 4.74 Å². The van der Waals surface area contributed by atoms with Crippen LogP contribution >= 0.6 is 0 Å². The van der Waals surface area contributed by atoms with Crippen LogP contribution in [0.4, 0.5) is 4.79 Å². The van der Waals surface area contributed by atoms with Gasteiger partial charge in [0, 0.05) is 6.42 Å². The minimum absolute atomic E-state index is 0.0738. The Kier molecular flexibility index (Phi) is 3.84. The number of hydrogen-bond donors (Lipinski definition) is 0. The van der Waals surface area contributed by atoms with Crippen LogP contribution in [0.25, 0.3) is 0 Å². The second-order valence-electron chi connectivity index (χ2n) is 6.16. The predicted octanol–water partition coefficient (Wildman–Crippen LogP) is 3.33. The van der Waals surface area contributed by atoms with Gasteiger partial charge in [-0.3, -0.25) is 9.69 Å². The number of nitrogens with zero attached hydrogens (tertiary/aromatic N) is 1. The van der Waals surface area contributed by atoms with Gasteiger partial charge in [-0.2, -0.15) is 0 Å². The van der Waals surface area contributed by atoms with Crippen LogP contribution < -0.4 is 0 Å². The van der Waals surface area contributed by atoms with E-state index >= 15 is 0 Å². The van der Waals surface area contributed by atoms with E-state index in [4.69, 9.17) is 4.74 Å². The summed E-state index contributed by atoms with van der Waals surface area (Å²) in [6.45, 7) is 7.23. The number of Topliss-reactive ketones (excluding diaryl/α,β-unsaturated/α-hetero) is 1. The highest BCUT2D eigenvalue weighted by atomic mass is 16.6. The summed E-state index contributed by atoms with van der Waals surface area (Å²) in [7, 11) is 0. The topological polar surface area (TPSA) is 46.6 Å². The number of likely N-dealkylation sites (tertiary alicyclic amines) is 1. The fourth-order valence-electron chi connectivity index (χ4n) is 2.44. The maximum Gasteiger partial charge on any atom is 0.411 e. The number of carbonyl (C=O) groups excluding carboxylic acids is 2. The molecular formula is C16H21NO3. The first-order valence-electron chi connectivity index (χ1n) is 6.88. The normalized spacial score (nSPS) is 23.0. The molecule has 2 unspecified atom stereocenters. The summed E-state index contributed by atoms with van der Waals surface area (Å²) < 4.78 is 5.43. The zero-order chi connectivity index (χ0) is 14.9. The van der Waals surface area contributed by atoms with E-state index in [-0.39, 0.29) is 11.8 Å². The quantitative estimate of drug-likeness (QED) is 0.789. The standard InChI is InChI=1S/C16H21NO3/c1-11-14(18)10-13(12-8-6-5-7-9-12)17(11)15(19)20-16(2,3)4/h5-9,11,13H,10H2,1-4H3. The van der Waals surface area contributed by atoms with Crippen LogP contribution in [0.1, 0.15) is 45.7 Å². The van der Waals surface area contributed by atoms with Crippen LogP contribution in [-0.4, -0.2) is 28.4 Å². The van der Waals surface area contributed by atoms with Crippen LogP contribution in [0.15, 0.2) is 30.3 Å². The number of amides is 1. The molecule has 4 nitrogen and oxygen atoms in total. The van der Waals surface area contributed by atoms with E-state index < -0.39 is 17.7 Å². The molecule has 1 fully saturated rings. The molecule has 0 aromatic heterocycles. The fraction of sp³-hybridized carbons (Fsp3) is 0.500. The summed E-state index contributed by atoms with van der Waals surface area (Å²) in [4.78, 5) is 25.9. The van der Waals surface area contributed by atoms with Crippen LogP contribution in [-0.2, 0) is 9.53 Å². The van der Waals surface area contributed by atoms with Crippen LogP contribution in [0, 0.1) is 0 Å². The molecule has 0 saturated carbocycles. The van der Waals surface area contributed by atoms with E-state index in [1.165, 1.54) is 0 Å². The van der Waals surface area contributed by atoms with Crippen molar-refractivity contribution < 1.29 is 14.3 Å². The lowest BCUT2D eigenvalue weighted by Gasteiger charge is -2.30. The molecule has 0 spiro atoms. The maximum atomic E-state index is 12.4. The van der Waals surface area contributed by atoms with E-state index in [1.54, 1.807) is 11.8 Å². The third kappa shape index (κ3) is 3.00. The summed E-state index contributed by atoms with van der Waals surface area (Å²) in [5, 5.41) is 0. The summed E-state index contributed by atoms with van der Waals surface area (Å²) in [6, 6.07) is 8.96. The molecule has 0 aliphatic carbocycles. The molecule has 1 amide bonds. The highest BCUT2D eigenvalue weighted by Gasteiger charge is 2.42. The molecule has 0 radical (unpaired) electrons. The third-order valence-electron chi connectivity index (χ3n) is 3.40. The monoisotopic (exact) mass is 275 g/mol. The molecule has 1 aromatic rings. The van der Waals surface area contributed by atoms with E-state index in [9.17, 15) is 9.59 Å². The Balaban J connectivity index is 2.27. The number of carbonyl (C=O) groups is 2. The molecule has 2 atom stereocenters. The second kappa shape index (κ2) is 5.27. The van der Waals surface area contributed by atoms with Gasteiger partial charge >= 0.3 is 6.09 Å². The van der Waals surface area contributed by atoms with Gasteiger partial charge in [0.2, 0.25) is 0 Å². The van der Waals surface area contributed by atoms with Crippen LogP contribution in [0.2, 0.25) is 0 Å². The molecule has 1 saturated heterocycles. The fourth-order valence-corrected chi connectivity index (χ4v) is 2.44. The number of rotatable bonds is 1. The molecule has 2 rings (SSSR count). The Bertz CT molecular complexity index is 504. The molecule has 108 valence electrons. The highest BCUT2D eigenvalue weighted by Crippen LogP contribution is 2.35. The van der Waals surface area contributed by atoms with E-state index in [2.05, 4.69) is 0 Å². The van der Waals surface area contributed by atoms with Gasteiger partial charge in [-0.15, -0.1) is 0 Å². The first-order valence-corrected chi connectivity index (χ1v) is 6.88. The second-order valence-corrected chi connectivity index (χ2v) is 6.16. The van der Waals surface area contributed by atoms with Gasteiger partial charge in [-0.1, -0.05) is 30.3 Å². The van der Waals surface area contributed by atoms with Crippen LogP contribution in [0.5, 0.6) is 0 Å². The van der Waals surface area contributed by atoms with Crippen LogP contribution in [0.3, 0.4) is 0 Å². The number of ketones is 1. The van der Waals surface area contributed by atoms with Gasteiger partial charge in [-0.05, 0) is 33.3 Å². The Hall–Kier alpha value is -1.84. The average Bonchev–Trinajstić information content (AvgIpc) is 2.65. The molecule has 1 aliphatic rings. The molecule has 1 aliphatic heterocycles. The number of benzene rings is 1. The average molecular weight is 275 g/mol. The molecule has 0 N–H and O–H groups in total. The van der Waals surface area contributed by atoms with Crippen molar-refractivity contribution in [3.63, 3.8) is 0 Å². The summed E-state index contributed by atoms with van der Waals surface area (Å²) in [5.74, 6) is 0.0738. The Labute approximate surface area is 119 Å². The Morgan fingerprint density at radius 3 is 2.40 bits per heavy atom. The lowest BCUT2D eigenvalue weighted by molar-refractivity contribution is -0.119. The van der Waals surface area contributed by atoms with Crippen molar-refractivity contribution in [2.24, 2.45) is 0 Å². The Morgan fingerprint density at radius 1 is 1.25 bits per heavy atom. The van der Waals surface area contributed by atoms with Gasteiger partial charge in [0.05, 0.1) is 12.1 Å². The van der Waals surface area contributed by atoms with E-state index in [0.29, 0.717) is 6.42 Å². The van der Waals surface area contributed by atoms with Crippen molar-refractivity contribution in [2.45, 2.75) is 51.8 Å². The van der Waals surface area contributed by atoms with Crippen molar-refractivity contribution >= 4 is 11.9 Å². The smallest absolute Gasteiger partial charge is 0.411 e. The van der Waals surface area contributed by atoms with Crippen molar-refractivity contribution in [3.05, 3.63) is 35.9 Å². The largest absolute Gasteiger partial charge is 0.444 e. The Morgan fingerprint density at radius 2 is 1.85 bits per heavy atom. The van der Waals surface area contributed by atoms with Gasteiger partial charge in [0.15, 0.2) is 5.78 Å². The van der Waals surface area contributed by atoms with Gasteiger partial charge in [0.1, 0.15) is 5.60 Å². The third-order valence-corrected chi connectivity index (χ3v) is 3.40. The molecule has 0 bridgehead atoms. The van der Waals surface area contributed by atoms with E-state index in [0.717, 1.165) is 5.56 Å². The summed E-state index contributed by atoms with van der Waals surface area (Å²) in [6.07, 6.45) is -0.0746. The van der Waals surface area contributed by atoms with Crippen molar-refractivity contribution in [2.75, 3.05) is 0 Å². The van der Waals surface area contributed by atoms with Crippen molar-refractivity contribution in [1.82, 2.24) is 4.90 Å².